The van der Waals surface area contributed by atoms with Gasteiger partial charge in [-0.3, -0.25) is 4.79 Å². The molecule has 6 heteroatoms. The molecule has 5 nitrogen and oxygen atoms in total. The summed E-state index contributed by atoms with van der Waals surface area (Å²) in [4.78, 5) is 20.6. The Morgan fingerprint density at radius 1 is 1.38 bits per heavy atom. The van der Waals surface area contributed by atoms with E-state index >= 15 is 0 Å². The van der Waals surface area contributed by atoms with Crippen LogP contribution in [0.4, 0.5) is 10.9 Å². The molecule has 0 aliphatic heterocycles. The molecular formula is C15H20N4OS. The van der Waals surface area contributed by atoms with Gasteiger partial charge in [0, 0.05) is 17.1 Å². The van der Waals surface area contributed by atoms with Crippen LogP contribution in [0.2, 0.25) is 0 Å². The first kappa shape index (κ1) is 15.4. The summed E-state index contributed by atoms with van der Waals surface area (Å²) >= 11 is 1.47. The van der Waals surface area contributed by atoms with Crippen LogP contribution in [-0.2, 0) is 11.2 Å². The molecule has 0 aliphatic rings. The summed E-state index contributed by atoms with van der Waals surface area (Å²) in [7, 11) is 0. The minimum atomic E-state index is 0.00915. The number of thiazole rings is 1. The van der Waals surface area contributed by atoms with Crippen LogP contribution in [0.15, 0.2) is 23.6 Å². The second-order valence-corrected chi connectivity index (χ2v) is 5.84. The van der Waals surface area contributed by atoms with Crippen molar-refractivity contribution in [3.63, 3.8) is 0 Å². The van der Waals surface area contributed by atoms with E-state index in [1.54, 1.807) is 0 Å². The van der Waals surface area contributed by atoms with Gasteiger partial charge in [0.05, 0.1) is 12.1 Å². The molecule has 0 saturated heterocycles. The number of hydrogen-bond acceptors (Lipinski definition) is 5. The summed E-state index contributed by atoms with van der Waals surface area (Å²) in [5, 5.41) is 8.74. The summed E-state index contributed by atoms with van der Waals surface area (Å²) in [6.07, 6.45) is 1.23. The highest BCUT2D eigenvalue weighted by Crippen LogP contribution is 2.20. The topological polar surface area (TPSA) is 66.9 Å². The molecule has 0 aliphatic carbocycles. The largest absolute Gasteiger partial charge is 0.353 e. The Balaban J connectivity index is 1.94. The molecule has 0 saturated carbocycles. The number of pyridine rings is 1. The molecule has 2 N–H and O–H groups in total. The Labute approximate surface area is 128 Å². The van der Waals surface area contributed by atoms with Crippen molar-refractivity contribution < 1.29 is 4.79 Å². The maximum atomic E-state index is 11.8. The zero-order valence-corrected chi connectivity index (χ0v) is 13.3. The van der Waals surface area contributed by atoms with Crippen molar-refractivity contribution in [2.45, 2.75) is 39.7 Å². The van der Waals surface area contributed by atoms with Gasteiger partial charge in [0.1, 0.15) is 5.82 Å². The van der Waals surface area contributed by atoms with Crippen molar-refractivity contribution in [1.82, 2.24) is 15.3 Å². The smallest absolute Gasteiger partial charge is 0.226 e. The van der Waals surface area contributed by atoms with Crippen molar-refractivity contribution >= 4 is 28.2 Å². The number of rotatable bonds is 6. The van der Waals surface area contributed by atoms with Gasteiger partial charge in [0.2, 0.25) is 5.91 Å². The second kappa shape index (κ2) is 7.17. The molecule has 1 amide bonds. The molecule has 2 rings (SSSR count). The number of aryl methyl sites for hydroxylation is 1. The molecule has 1 unspecified atom stereocenters. The van der Waals surface area contributed by atoms with E-state index in [1.165, 1.54) is 11.3 Å². The number of carbonyl (C=O) groups is 1. The third-order valence-electron chi connectivity index (χ3n) is 3.04. The van der Waals surface area contributed by atoms with Crippen LogP contribution in [0.1, 0.15) is 31.7 Å². The first-order valence-electron chi connectivity index (χ1n) is 7.01. The van der Waals surface area contributed by atoms with Gasteiger partial charge >= 0.3 is 0 Å². The van der Waals surface area contributed by atoms with Gasteiger partial charge in [-0.2, -0.15) is 0 Å². The molecule has 0 radical (unpaired) electrons. The van der Waals surface area contributed by atoms with E-state index in [1.807, 2.05) is 44.4 Å². The molecule has 1 atom stereocenters. The number of nitrogens with one attached hydrogen (secondary N) is 2. The van der Waals surface area contributed by atoms with Gasteiger partial charge in [0.25, 0.3) is 0 Å². The van der Waals surface area contributed by atoms with Crippen molar-refractivity contribution in [3.05, 3.63) is 35.0 Å². The second-order valence-electron chi connectivity index (χ2n) is 4.99. The van der Waals surface area contributed by atoms with Gasteiger partial charge in [0.15, 0.2) is 5.13 Å². The Morgan fingerprint density at radius 2 is 2.19 bits per heavy atom. The van der Waals surface area contributed by atoms with Crippen LogP contribution in [0.5, 0.6) is 0 Å². The maximum absolute atomic E-state index is 11.8. The first-order valence-corrected chi connectivity index (χ1v) is 7.89. The lowest BCUT2D eigenvalue weighted by Gasteiger charge is -2.10. The van der Waals surface area contributed by atoms with E-state index in [2.05, 4.69) is 20.6 Å². The zero-order chi connectivity index (χ0) is 15.2. The average Bonchev–Trinajstić information content (AvgIpc) is 2.85. The minimum Gasteiger partial charge on any atom is -0.353 e. The Morgan fingerprint density at radius 3 is 2.90 bits per heavy atom. The standard InChI is InChI=1S/C15H20N4OS/c1-4-10(2)17-14(20)8-12-9-21-15(18-12)19-13-7-5-6-11(3)16-13/h5-7,9-10H,4,8H2,1-3H3,(H,17,20)(H,16,18,19). The molecule has 112 valence electrons. The molecule has 2 aromatic rings. The van der Waals surface area contributed by atoms with Gasteiger partial charge in [-0.05, 0) is 32.4 Å². The summed E-state index contributed by atoms with van der Waals surface area (Å²) < 4.78 is 0. The lowest BCUT2D eigenvalue weighted by Crippen LogP contribution is -2.33. The molecule has 2 heterocycles. The highest BCUT2D eigenvalue weighted by molar-refractivity contribution is 7.13. The number of anilines is 2. The minimum absolute atomic E-state index is 0.00915. The van der Waals surface area contributed by atoms with Crippen LogP contribution < -0.4 is 10.6 Å². The summed E-state index contributed by atoms with van der Waals surface area (Å²) in [6, 6.07) is 5.98. The van der Waals surface area contributed by atoms with Gasteiger partial charge in [-0.15, -0.1) is 11.3 Å². The monoisotopic (exact) mass is 304 g/mol. The Bertz CT molecular complexity index is 611. The number of hydrogen-bond donors (Lipinski definition) is 2. The van der Waals surface area contributed by atoms with E-state index in [4.69, 9.17) is 0 Å². The summed E-state index contributed by atoms with van der Waals surface area (Å²) in [6.45, 7) is 5.98. The summed E-state index contributed by atoms with van der Waals surface area (Å²) in [5.41, 5.74) is 1.72. The molecular weight excluding hydrogens is 284 g/mol. The number of aromatic nitrogens is 2. The highest BCUT2D eigenvalue weighted by Gasteiger charge is 2.10. The average molecular weight is 304 g/mol. The van der Waals surface area contributed by atoms with E-state index < -0.39 is 0 Å². The van der Waals surface area contributed by atoms with E-state index in [9.17, 15) is 4.79 Å². The maximum Gasteiger partial charge on any atom is 0.226 e. The Hall–Kier alpha value is -1.95. The predicted molar refractivity (Wildman–Crippen MR) is 86.0 cm³/mol. The number of nitrogens with zero attached hydrogens (tertiary/aromatic N) is 2. The number of amides is 1. The van der Waals surface area contributed by atoms with E-state index in [-0.39, 0.29) is 11.9 Å². The van der Waals surface area contributed by atoms with Crippen LogP contribution >= 0.6 is 11.3 Å². The van der Waals surface area contributed by atoms with Crippen LogP contribution in [0.3, 0.4) is 0 Å². The van der Waals surface area contributed by atoms with Crippen LogP contribution in [0, 0.1) is 6.92 Å². The number of carbonyl (C=O) groups excluding carboxylic acids is 1. The SMILES string of the molecule is CCC(C)NC(=O)Cc1csc(Nc2cccc(C)n2)n1. The van der Waals surface area contributed by atoms with Crippen molar-refractivity contribution in [2.24, 2.45) is 0 Å². The molecule has 0 spiro atoms. The normalized spacial score (nSPS) is 12.0. The van der Waals surface area contributed by atoms with Crippen LogP contribution in [0.25, 0.3) is 0 Å². The van der Waals surface area contributed by atoms with Crippen molar-refractivity contribution in [3.8, 4) is 0 Å². The Kier molecular flexibility index (Phi) is 5.27. The van der Waals surface area contributed by atoms with Gasteiger partial charge < -0.3 is 10.6 Å². The highest BCUT2D eigenvalue weighted by atomic mass is 32.1. The first-order chi connectivity index (χ1) is 10.1. The van der Waals surface area contributed by atoms with Crippen LogP contribution in [-0.4, -0.2) is 21.9 Å². The molecule has 21 heavy (non-hydrogen) atoms. The molecule has 0 fully saturated rings. The molecule has 0 bridgehead atoms. The predicted octanol–water partition coefficient (Wildman–Crippen LogP) is 3.05. The zero-order valence-electron chi connectivity index (χ0n) is 12.5. The third kappa shape index (κ3) is 4.82. The van der Waals surface area contributed by atoms with E-state index in [0.717, 1.165) is 28.8 Å². The third-order valence-corrected chi connectivity index (χ3v) is 3.84. The lowest BCUT2D eigenvalue weighted by molar-refractivity contribution is -0.121. The van der Waals surface area contributed by atoms with Gasteiger partial charge in [-0.25, -0.2) is 9.97 Å². The quantitative estimate of drug-likeness (QED) is 0.861. The van der Waals surface area contributed by atoms with Crippen molar-refractivity contribution in [2.75, 3.05) is 5.32 Å². The van der Waals surface area contributed by atoms with Crippen molar-refractivity contribution in [1.29, 1.82) is 0 Å². The molecule has 2 aromatic heterocycles. The molecule has 0 aromatic carbocycles. The summed E-state index contributed by atoms with van der Waals surface area (Å²) in [5.74, 6) is 0.773. The van der Waals surface area contributed by atoms with E-state index in [0.29, 0.717) is 6.42 Å². The fourth-order valence-electron chi connectivity index (χ4n) is 1.76. The fraction of sp³-hybridized carbons (Fsp3) is 0.400. The van der Waals surface area contributed by atoms with Gasteiger partial charge in [-0.1, -0.05) is 13.0 Å². The fourth-order valence-corrected chi connectivity index (χ4v) is 2.48. The lowest BCUT2D eigenvalue weighted by atomic mass is 10.2.